The van der Waals surface area contributed by atoms with Crippen molar-refractivity contribution in [1.29, 1.82) is 0 Å². The fourth-order valence-corrected chi connectivity index (χ4v) is 3.28. The van der Waals surface area contributed by atoms with Crippen molar-refractivity contribution in [3.05, 3.63) is 58.1 Å². The van der Waals surface area contributed by atoms with Crippen LogP contribution in [0.1, 0.15) is 36.6 Å². The molecule has 0 spiro atoms. The topological polar surface area (TPSA) is 51.9 Å². The summed E-state index contributed by atoms with van der Waals surface area (Å²) in [6.07, 6.45) is 4.83. The molecule has 1 aromatic heterocycles. The molecule has 0 unspecified atom stereocenters. The number of piperidine rings is 1. The molecule has 5 nitrogen and oxygen atoms in total. The second-order valence-electron chi connectivity index (χ2n) is 6.04. The molecule has 5 heteroatoms. The minimum atomic E-state index is -0.145. The first-order valence-electron chi connectivity index (χ1n) is 8.25. The van der Waals surface area contributed by atoms with Gasteiger partial charge in [-0.15, -0.1) is 0 Å². The van der Waals surface area contributed by atoms with Gasteiger partial charge in [0.05, 0.1) is 20.8 Å². The number of benzene rings is 1. The van der Waals surface area contributed by atoms with Crippen molar-refractivity contribution in [3.8, 4) is 11.5 Å². The van der Waals surface area contributed by atoms with E-state index in [-0.39, 0.29) is 11.2 Å². The average Bonchev–Trinajstić information content (AvgIpc) is 2.62. The van der Waals surface area contributed by atoms with Gasteiger partial charge in [-0.25, -0.2) is 0 Å². The van der Waals surface area contributed by atoms with Crippen molar-refractivity contribution in [2.75, 3.05) is 20.8 Å². The average molecular weight is 329 g/mol. The summed E-state index contributed by atoms with van der Waals surface area (Å²) in [5.74, 6) is 1.77. The molecule has 128 valence electrons. The van der Waals surface area contributed by atoms with Crippen LogP contribution in [0.5, 0.6) is 11.5 Å². The second-order valence-corrected chi connectivity index (χ2v) is 6.04. The van der Waals surface area contributed by atoms with Crippen LogP contribution in [0.4, 0.5) is 0 Å². The van der Waals surface area contributed by atoms with Crippen molar-refractivity contribution in [2.24, 2.45) is 0 Å². The molecule has 0 aliphatic carbocycles. The van der Waals surface area contributed by atoms with Crippen LogP contribution >= 0.6 is 0 Å². The van der Waals surface area contributed by atoms with E-state index in [1.165, 1.54) is 31.4 Å². The zero-order chi connectivity index (χ0) is 16.9. The molecule has 0 saturated carbocycles. The molecule has 1 atom stereocenters. The standard InChI is InChI=1S/C19H23NO4/c1-22-15-7-5-6-14(10-15)17-8-3-4-9-20(17)12-16-11-18(21)19(23-2)13-24-16/h5-7,10-11,13,17H,3-4,8-9,12H2,1-2H3/t17-/m0/s1. The highest BCUT2D eigenvalue weighted by atomic mass is 16.5. The van der Waals surface area contributed by atoms with Crippen molar-refractivity contribution in [2.45, 2.75) is 31.8 Å². The van der Waals surface area contributed by atoms with Crippen LogP contribution in [0.2, 0.25) is 0 Å². The van der Waals surface area contributed by atoms with Crippen molar-refractivity contribution in [3.63, 3.8) is 0 Å². The van der Waals surface area contributed by atoms with Crippen LogP contribution in [0.3, 0.4) is 0 Å². The largest absolute Gasteiger partial charge is 0.497 e. The van der Waals surface area contributed by atoms with Gasteiger partial charge >= 0.3 is 0 Å². The smallest absolute Gasteiger partial charge is 0.227 e. The molecule has 0 amide bonds. The Kier molecular flexibility index (Phi) is 5.20. The van der Waals surface area contributed by atoms with E-state index < -0.39 is 0 Å². The lowest BCUT2D eigenvalue weighted by molar-refractivity contribution is 0.129. The Labute approximate surface area is 141 Å². The lowest BCUT2D eigenvalue weighted by Gasteiger charge is -2.35. The van der Waals surface area contributed by atoms with Crippen molar-refractivity contribution >= 4 is 0 Å². The maximum absolute atomic E-state index is 11.9. The number of methoxy groups -OCH3 is 2. The first-order chi connectivity index (χ1) is 11.7. The molecule has 1 aromatic carbocycles. The van der Waals surface area contributed by atoms with Gasteiger partial charge in [-0.2, -0.15) is 0 Å². The zero-order valence-electron chi connectivity index (χ0n) is 14.2. The molecule has 0 radical (unpaired) electrons. The minimum Gasteiger partial charge on any atom is -0.497 e. The summed E-state index contributed by atoms with van der Waals surface area (Å²) in [6, 6.07) is 10.0. The molecule has 3 rings (SSSR count). The van der Waals surface area contributed by atoms with Crippen LogP contribution < -0.4 is 14.9 Å². The van der Waals surface area contributed by atoms with E-state index in [0.717, 1.165) is 25.1 Å². The third-order valence-electron chi connectivity index (χ3n) is 4.52. The zero-order valence-corrected chi connectivity index (χ0v) is 14.2. The summed E-state index contributed by atoms with van der Waals surface area (Å²) in [7, 11) is 3.15. The van der Waals surface area contributed by atoms with Crippen LogP contribution in [0.25, 0.3) is 0 Å². The third kappa shape index (κ3) is 3.62. The molecular formula is C19H23NO4. The summed E-state index contributed by atoms with van der Waals surface area (Å²) in [6.45, 7) is 1.60. The third-order valence-corrected chi connectivity index (χ3v) is 4.52. The summed E-state index contributed by atoms with van der Waals surface area (Å²) in [4.78, 5) is 14.3. The molecule has 1 aliphatic heterocycles. The molecule has 1 aliphatic rings. The Hall–Kier alpha value is -2.27. The van der Waals surface area contributed by atoms with Gasteiger partial charge in [0.25, 0.3) is 0 Å². The maximum Gasteiger partial charge on any atom is 0.227 e. The van der Waals surface area contributed by atoms with Gasteiger partial charge in [0, 0.05) is 12.1 Å². The summed E-state index contributed by atoms with van der Waals surface area (Å²) in [5.41, 5.74) is 1.10. The fraction of sp³-hybridized carbons (Fsp3) is 0.421. The molecular weight excluding hydrogens is 306 g/mol. The lowest BCUT2D eigenvalue weighted by atomic mass is 9.95. The Morgan fingerprint density at radius 2 is 2.08 bits per heavy atom. The van der Waals surface area contributed by atoms with Crippen LogP contribution in [-0.2, 0) is 6.54 Å². The minimum absolute atomic E-state index is 0.145. The normalized spacial score (nSPS) is 18.3. The van der Waals surface area contributed by atoms with E-state index in [0.29, 0.717) is 18.3 Å². The van der Waals surface area contributed by atoms with E-state index in [1.807, 2.05) is 12.1 Å². The van der Waals surface area contributed by atoms with Gasteiger partial charge in [0.1, 0.15) is 17.8 Å². The Morgan fingerprint density at radius 3 is 2.83 bits per heavy atom. The predicted octanol–water partition coefficient (Wildman–Crippen LogP) is 3.38. The molecule has 1 fully saturated rings. The van der Waals surface area contributed by atoms with E-state index in [1.54, 1.807) is 7.11 Å². The predicted molar refractivity (Wildman–Crippen MR) is 91.5 cm³/mol. The monoisotopic (exact) mass is 329 g/mol. The van der Waals surface area contributed by atoms with Gasteiger partial charge in [0.2, 0.25) is 11.2 Å². The number of nitrogens with zero attached hydrogens (tertiary/aromatic N) is 1. The van der Waals surface area contributed by atoms with Gasteiger partial charge in [-0.3, -0.25) is 9.69 Å². The van der Waals surface area contributed by atoms with E-state index in [9.17, 15) is 4.79 Å². The number of rotatable bonds is 5. The Balaban J connectivity index is 1.81. The highest BCUT2D eigenvalue weighted by Crippen LogP contribution is 2.33. The highest BCUT2D eigenvalue weighted by molar-refractivity contribution is 5.31. The van der Waals surface area contributed by atoms with Crippen LogP contribution in [-0.4, -0.2) is 25.7 Å². The molecule has 2 aromatic rings. The first kappa shape index (κ1) is 16.6. The van der Waals surface area contributed by atoms with E-state index in [2.05, 4.69) is 17.0 Å². The van der Waals surface area contributed by atoms with Gasteiger partial charge < -0.3 is 13.9 Å². The Morgan fingerprint density at radius 1 is 1.21 bits per heavy atom. The number of hydrogen-bond donors (Lipinski definition) is 0. The fourth-order valence-electron chi connectivity index (χ4n) is 3.28. The molecule has 0 bridgehead atoms. The number of ether oxygens (including phenoxy) is 2. The summed E-state index contributed by atoms with van der Waals surface area (Å²) >= 11 is 0. The maximum atomic E-state index is 11.9. The summed E-state index contributed by atoms with van der Waals surface area (Å²) in [5, 5.41) is 0. The summed E-state index contributed by atoms with van der Waals surface area (Å²) < 4.78 is 15.9. The Bertz CT molecular complexity index is 740. The highest BCUT2D eigenvalue weighted by Gasteiger charge is 2.25. The SMILES string of the molecule is COc1cccc([C@@H]2CCCCN2Cc2cc(=O)c(OC)co2)c1. The van der Waals surface area contributed by atoms with Gasteiger partial charge in [-0.1, -0.05) is 18.6 Å². The molecule has 1 saturated heterocycles. The lowest BCUT2D eigenvalue weighted by Crippen LogP contribution is -2.33. The van der Waals surface area contributed by atoms with Crippen molar-refractivity contribution < 1.29 is 13.9 Å². The van der Waals surface area contributed by atoms with E-state index >= 15 is 0 Å². The first-order valence-corrected chi connectivity index (χ1v) is 8.25. The van der Waals surface area contributed by atoms with Crippen molar-refractivity contribution in [1.82, 2.24) is 4.90 Å². The van der Waals surface area contributed by atoms with Crippen LogP contribution in [0.15, 0.2) is 45.8 Å². The van der Waals surface area contributed by atoms with Gasteiger partial charge in [0.15, 0.2) is 0 Å². The molecule has 0 N–H and O–H groups in total. The number of likely N-dealkylation sites (tertiary alicyclic amines) is 1. The quantitative estimate of drug-likeness (QED) is 0.842. The molecule has 24 heavy (non-hydrogen) atoms. The number of hydrogen-bond acceptors (Lipinski definition) is 5. The van der Waals surface area contributed by atoms with Gasteiger partial charge in [-0.05, 0) is 37.1 Å². The van der Waals surface area contributed by atoms with E-state index in [4.69, 9.17) is 13.9 Å². The second kappa shape index (κ2) is 7.53. The van der Waals surface area contributed by atoms with Crippen LogP contribution in [0, 0.1) is 0 Å². The molecule has 2 heterocycles.